The quantitative estimate of drug-likeness (QED) is 0.254. The predicted molar refractivity (Wildman–Crippen MR) is 157 cm³/mol. The molecule has 1 aromatic heterocycles. The van der Waals surface area contributed by atoms with Gasteiger partial charge in [0.1, 0.15) is 23.7 Å². The lowest BCUT2D eigenvalue weighted by atomic mass is 9.98. The van der Waals surface area contributed by atoms with E-state index in [1.54, 1.807) is 37.3 Å². The van der Waals surface area contributed by atoms with Crippen LogP contribution in [0, 0.1) is 5.82 Å². The number of fused-ring (bicyclic) bond motifs is 2. The van der Waals surface area contributed by atoms with Gasteiger partial charge >= 0.3 is 0 Å². The summed E-state index contributed by atoms with van der Waals surface area (Å²) in [5, 5.41) is 0.575. The third-order valence-corrected chi connectivity index (χ3v) is 8.50. The lowest BCUT2D eigenvalue weighted by molar-refractivity contribution is 0.0783. The molecular weight excluding hydrogens is 545 g/mol. The average molecular weight is 578 g/mol. The first-order chi connectivity index (χ1) is 19.6. The molecule has 5 rings (SSSR count). The van der Waals surface area contributed by atoms with Crippen LogP contribution in [0.3, 0.4) is 0 Å². The molecule has 1 amide bonds. The fraction of sp³-hybridized carbons (Fsp3) is 0.290. The van der Waals surface area contributed by atoms with Gasteiger partial charge in [0, 0.05) is 36.8 Å². The minimum atomic E-state index is -3.69. The molecule has 214 valence electrons. The highest BCUT2D eigenvalue weighted by molar-refractivity contribution is 7.92. The highest BCUT2D eigenvalue weighted by Gasteiger charge is 2.38. The predicted octanol–water partition coefficient (Wildman–Crippen LogP) is 5.31. The number of benzene rings is 3. The van der Waals surface area contributed by atoms with Gasteiger partial charge in [-0.3, -0.25) is 14.1 Å². The summed E-state index contributed by atoms with van der Waals surface area (Å²) in [6, 6.07) is 15.5. The number of amides is 1. The maximum absolute atomic E-state index is 13.6. The molecular formula is C31H32FN3O5S. The van der Waals surface area contributed by atoms with Gasteiger partial charge in [-0.25, -0.2) is 12.8 Å². The first kappa shape index (κ1) is 28.4. The van der Waals surface area contributed by atoms with E-state index in [9.17, 15) is 17.6 Å². The molecule has 0 radical (unpaired) electrons. The molecule has 0 atom stereocenters. The molecule has 8 nitrogen and oxygen atoms in total. The van der Waals surface area contributed by atoms with Crippen molar-refractivity contribution in [2.45, 2.75) is 33.4 Å². The van der Waals surface area contributed by atoms with Crippen LogP contribution in [0.25, 0.3) is 10.9 Å². The van der Waals surface area contributed by atoms with Crippen LogP contribution in [0.4, 0.5) is 10.1 Å². The van der Waals surface area contributed by atoms with Crippen molar-refractivity contribution in [2.24, 2.45) is 0 Å². The maximum Gasteiger partial charge on any atom is 0.258 e. The van der Waals surface area contributed by atoms with Crippen molar-refractivity contribution < 1.29 is 27.1 Å². The summed E-state index contributed by atoms with van der Waals surface area (Å²) in [7, 11) is -2.10. The Morgan fingerprint density at radius 3 is 2.32 bits per heavy atom. The largest absolute Gasteiger partial charge is 0.497 e. The Balaban J connectivity index is 1.71. The minimum absolute atomic E-state index is 0.173. The second-order valence-electron chi connectivity index (χ2n) is 9.96. The third kappa shape index (κ3) is 5.56. The van der Waals surface area contributed by atoms with Crippen molar-refractivity contribution in [3.63, 3.8) is 0 Å². The third-order valence-electron chi connectivity index (χ3n) is 7.26. The normalized spacial score (nSPS) is 13.0. The van der Waals surface area contributed by atoms with E-state index in [1.165, 1.54) is 16.4 Å². The molecule has 0 unspecified atom stereocenters. The monoisotopic (exact) mass is 577 g/mol. The highest BCUT2D eigenvalue weighted by Crippen LogP contribution is 2.45. The van der Waals surface area contributed by atoms with E-state index in [4.69, 9.17) is 14.5 Å². The lowest BCUT2D eigenvalue weighted by Gasteiger charge is -2.26. The van der Waals surface area contributed by atoms with E-state index >= 15 is 0 Å². The van der Waals surface area contributed by atoms with E-state index < -0.39 is 10.0 Å². The van der Waals surface area contributed by atoms with Gasteiger partial charge in [-0.1, -0.05) is 24.3 Å². The van der Waals surface area contributed by atoms with Gasteiger partial charge < -0.3 is 14.4 Å². The zero-order chi connectivity index (χ0) is 29.3. The molecule has 0 saturated heterocycles. The number of methoxy groups -OCH3 is 1. The van der Waals surface area contributed by atoms with Gasteiger partial charge in [-0.05, 0) is 67.3 Å². The molecule has 0 bridgehead atoms. The van der Waals surface area contributed by atoms with E-state index in [0.29, 0.717) is 52.2 Å². The molecule has 0 aliphatic carbocycles. The minimum Gasteiger partial charge on any atom is -0.497 e. The molecule has 0 N–H and O–H groups in total. The number of carbonyl (C=O) groups is 1. The second kappa shape index (κ2) is 11.4. The number of anilines is 1. The van der Waals surface area contributed by atoms with Gasteiger partial charge in [-0.15, -0.1) is 0 Å². The van der Waals surface area contributed by atoms with Crippen LogP contribution in [0.1, 0.15) is 46.5 Å². The molecule has 4 aromatic rings. The van der Waals surface area contributed by atoms with Crippen LogP contribution in [0.5, 0.6) is 11.5 Å². The van der Waals surface area contributed by atoms with Gasteiger partial charge in [0.15, 0.2) is 5.75 Å². The van der Waals surface area contributed by atoms with Gasteiger partial charge in [0.25, 0.3) is 5.91 Å². The number of nitrogens with zero attached hydrogens (tertiary/aromatic N) is 3. The van der Waals surface area contributed by atoms with Crippen LogP contribution in [-0.2, 0) is 29.6 Å². The number of hydrogen-bond acceptors (Lipinski definition) is 6. The van der Waals surface area contributed by atoms with Crippen molar-refractivity contribution in [3.05, 3.63) is 94.4 Å². The van der Waals surface area contributed by atoms with Crippen LogP contribution < -0.4 is 13.8 Å². The van der Waals surface area contributed by atoms with E-state index in [2.05, 4.69) is 0 Å². The summed E-state index contributed by atoms with van der Waals surface area (Å²) in [5.41, 5.74) is 4.35. The van der Waals surface area contributed by atoms with Crippen molar-refractivity contribution in [2.75, 3.05) is 30.8 Å². The lowest BCUT2D eigenvalue weighted by Crippen LogP contribution is -2.31. The zero-order valence-electron chi connectivity index (χ0n) is 23.5. The van der Waals surface area contributed by atoms with Crippen molar-refractivity contribution in [1.29, 1.82) is 0 Å². The number of carbonyl (C=O) groups excluding carboxylic acids is 1. The first-order valence-corrected chi connectivity index (χ1v) is 15.2. The number of aromatic nitrogens is 1. The number of ether oxygens (including phenoxy) is 2. The van der Waals surface area contributed by atoms with Crippen molar-refractivity contribution in [1.82, 2.24) is 9.88 Å². The Labute approximate surface area is 239 Å². The smallest absolute Gasteiger partial charge is 0.258 e. The maximum atomic E-state index is 13.6. The molecule has 41 heavy (non-hydrogen) atoms. The summed E-state index contributed by atoms with van der Waals surface area (Å²) in [4.78, 5) is 20.1. The molecule has 3 aromatic carbocycles. The number of halogens is 1. The number of hydrogen-bond donors (Lipinski definition) is 0. The van der Waals surface area contributed by atoms with Crippen LogP contribution in [0.15, 0.2) is 60.8 Å². The first-order valence-electron chi connectivity index (χ1n) is 13.4. The van der Waals surface area contributed by atoms with Gasteiger partial charge in [0.05, 0.1) is 24.6 Å². The molecule has 1 aliphatic rings. The second-order valence-corrected chi connectivity index (χ2v) is 11.9. The fourth-order valence-electron chi connectivity index (χ4n) is 5.26. The summed E-state index contributed by atoms with van der Waals surface area (Å²) in [6.07, 6.45) is 3.32. The standard InChI is InChI=1S/C31H32FN3O5S/c1-5-34-18-26-27(31(34)36)30(40-19-21-9-13-24(39-3)14-10-21)28-25(29(26)35(6-2)41(4,37)38)16-22(17-33-28)15-20-7-11-23(32)12-8-20/h7-14,16-17H,5-6,15,18-19H2,1-4H3. The Hall–Kier alpha value is -4.18. The molecule has 1 aliphatic heterocycles. The summed E-state index contributed by atoms with van der Waals surface area (Å²) < 4.78 is 52.5. The number of sulfonamides is 1. The average Bonchev–Trinajstić information content (AvgIpc) is 3.29. The Bertz CT molecular complexity index is 1710. The Kier molecular flexibility index (Phi) is 7.86. The van der Waals surface area contributed by atoms with Crippen molar-refractivity contribution in [3.8, 4) is 11.5 Å². The molecule has 0 spiro atoms. The van der Waals surface area contributed by atoms with E-state index in [0.717, 1.165) is 22.9 Å². The Morgan fingerprint density at radius 2 is 1.71 bits per heavy atom. The summed E-state index contributed by atoms with van der Waals surface area (Å²) >= 11 is 0. The SMILES string of the molecule is CCN1Cc2c(c(OCc3ccc(OC)cc3)c3ncc(Cc4ccc(F)cc4)cc3c2N(CC)S(C)(=O)=O)C1=O. The fourth-order valence-corrected chi connectivity index (χ4v) is 6.27. The molecule has 2 heterocycles. The topological polar surface area (TPSA) is 89.0 Å². The Morgan fingerprint density at radius 1 is 1.02 bits per heavy atom. The molecule has 10 heteroatoms. The molecule has 0 fully saturated rings. The summed E-state index contributed by atoms with van der Waals surface area (Å²) in [6.45, 7) is 4.70. The number of pyridine rings is 1. The molecule has 0 saturated carbocycles. The van der Waals surface area contributed by atoms with E-state index in [-0.39, 0.29) is 31.4 Å². The highest BCUT2D eigenvalue weighted by atomic mass is 32.2. The van der Waals surface area contributed by atoms with E-state index in [1.807, 2.05) is 37.3 Å². The van der Waals surface area contributed by atoms with Crippen LogP contribution in [-0.4, -0.2) is 50.7 Å². The number of rotatable bonds is 10. The summed E-state index contributed by atoms with van der Waals surface area (Å²) in [5.74, 6) is 0.498. The van der Waals surface area contributed by atoms with Crippen LogP contribution >= 0.6 is 0 Å². The van der Waals surface area contributed by atoms with Crippen LogP contribution in [0.2, 0.25) is 0 Å². The zero-order valence-corrected chi connectivity index (χ0v) is 24.3. The van der Waals surface area contributed by atoms with Gasteiger partial charge in [-0.2, -0.15) is 0 Å². The van der Waals surface area contributed by atoms with Crippen molar-refractivity contribution >= 4 is 32.5 Å². The van der Waals surface area contributed by atoms with Gasteiger partial charge in [0.2, 0.25) is 10.0 Å².